The molecule has 0 rings (SSSR count). The van der Waals surface area contributed by atoms with E-state index in [9.17, 15) is 4.79 Å². The minimum Gasteiger partial charge on any atom is -0.434 e. The maximum Gasteiger partial charge on any atom is 0.316 e. The topological polar surface area (TPSA) is 26.3 Å². The van der Waals surface area contributed by atoms with Crippen molar-refractivity contribution < 1.29 is 9.53 Å². The molecule has 0 amide bonds. The molecule has 2 nitrogen and oxygen atoms in total. The molecule has 0 heterocycles. The van der Waals surface area contributed by atoms with Crippen LogP contribution in [0.4, 0.5) is 0 Å². The van der Waals surface area contributed by atoms with Gasteiger partial charge in [-0.2, -0.15) is 0 Å². The number of ether oxygens (including phenoxy) is 1. The molecule has 17 heavy (non-hydrogen) atoms. The summed E-state index contributed by atoms with van der Waals surface area (Å²) in [5.41, 5.74) is -0.412. The Morgan fingerprint density at radius 2 is 1.65 bits per heavy atom. The van der Waals surface area contributed by atoms with Gasteiger partial charge in [0, 0.05) is 0 Å². The molecule has 2 heteroatoms. The van der Waals surface area contributed by atoms with E-state index in [0.717, 1.165) is 6.42 Å². The quantitative estimate of drug-likeness (QED) is 0.345. The van der Waals surface area contributed by atoms with E-state index < -0.39 is 5.41 Å². The molecular formula is C15H28O2. The molecule has 0 N–H and O–H groups in total. The van der Waals surface area contributed by atoms with Crippen LogP contribution in [0.1, 0.15) is 72.6 Å². The lowest BCUT2D eigenvalue weighted by Crippen LogP contribution is -2.20. The number of allylic oxidation sites excluding steroid dienone is 1. The molecule has 0 aromatic heterocycles. The minimum atomic E-state index is -0.412. The van der Waals surface area contributed by atoms with E-state index in [0.29, 0.717) is 0 Å². The van der Waals surface area contributed by atoms with Crippen molar-refractivity contribution in [2.45, 2.75) is 72.6 Å². The average Bonchev–Trinajstić information content (AvgIpc) is 2.25. The second kappa shape index (κ2) is 9.26. The van der Waals surface area contributed by atoms with Crippen molar-refractivity contribution in [3.8, 4) is 0 Å². The number of hydrogen-bond donors (Lipinski definition) is 0. The molecular weight excluding hydrogens is 212 g/mol. The zero-order valence-corrected chi connectivity index (χ0v) is 11.9. The average molecular weight is 240 g/mol. The van der Waals surface area contributed by atoms with E-state index in [1.807, 2.05) is 26.8 Å². The third kappa shape index (κ3) is 10.1. The van der Waals surface area contributed by atoms with Gasteiger partial charge in [0.15, 0.2) is 0 Å². The van der Waals surface area contributed by atoms with Crippen LogP contribution in [0.2, 0.25) is 0 Å². The van der Waals surface area contributed by atoms with Gasteiger partial charge >= 0.3 is 5.97 Å². The van der Waals surface area contributed by atoms with Crippen LogP contribution in [0.15, 0.2) is 12.3 Å². The minimum absolute atomic E-state index is 0.170. The molecule has 0 radical (unpaired) electrons. The maximum atomic E-state index is 11.4. The monoisotopic (exact) mass is 240 g/mol. The van der Waals surface area contributed by atoms with Crippen LogP contribution >= 0.6 is 0 Å². The molecule has 0 fully saturated rings. The predicted molar refractivity (Wildman–Crippen MR) is 72.7 cm³/mol. The molecule has 0 aromatic carbocycles. The van der Waals surface area contributed by atoms with E-state index in [1.165, 1.54) is 38.5 Å². The van der Waals surface area contributed by atoms with Crippen LogP contribution in [0, 0.1) is 5.41 Å². The fourth-order valence-corrected chi connectivity index (χ4v) is 1.40. The summed E-state index contributed by atoms with van der Waals surface area (Å²) >= 11 is 0. The second-order valence-electron chi connectivity index (χ2n) is 5.58. The third-order valence-electron chi connectivity index (χ3n) is 2.61. The molecule has 0 unspecified atom stereocenters. The van der Waals surface area contributed by atoms with Gasteiger partial charge in [-0.3, -0.25) is 4.79 Å². The molecule has 0 spiro atoms. The number of esters is 1. The third-order valence-corrected chi connectivity index (χ3v) is 2.61. The lowest BCUT2D eigenvalue weighted by Gasteiger charge is -2.13. The van der Waals surface area contributed by atoms with Crippen LogP contribution in [-0.4, -0.2) is 5.97 Å². The van der Waals surface area contributed by atoms with E-state index in [4.69, 9.17) is 4.74 Å². The molecule has 0 saturated carbocycles. The fourth-order valence-electron chi connectivity index (χ4n) is 1.40. The van der Waals surface area contributed by atoms with Crippen molar-refractivity contribution in [1.29, 1.82) is 0 Å². The van der Waals surface area contributed by atoms with Crippen molar-refractivity contribution in [3.63, 3.8) is 0 Å². The molecule has 100 valence electrons. The summed E-state index contributed by atoms with van der Waals surface area (Å²) in [6.45, 7) is 7.80. The number of unbranched alkanes of at least 4 members (excludes halogenated alkanes) is 6. The summed E-state index contributed by atoms with van der Waals surface area (Å²) in [6, 6.07) is 0. The Balaban J connectivity index is 3.40. The van der Waals surface area contributed by atoms with Crippen LogP contribution in [0.5, 0.6) is 0 Å². The van der Waals surface area contributed by atoms with Gasteiger partial charge in [-0.05, 0) is 39.7 Å². The SMILES string of the molecule is CCCCCCCCC=COC(=O)C(C)(C)C. The lowest BCUT2D eigenvalue weighted by atomic mass is 9.98. The predicted octanol–water partition coefficient (Wildman–Crippen LogP) is 4.84. The second-order valence-corrected chi connectivity index (χ2v) is 5.58. The van der Waals surface area contributed by atoms with Crippen LogP contribution in [-0.2, 0) is 9.53 Å². The number of hydrogen-bond acceptors (Lipinski definition) is 2. The van der Waals surface area contributed by atoms with E-state index in [2.05, 4.69) is 6.92 Å². The highest BCUT2D eigenvalue weighted by molar-refractivity contribution is 5.75. The van der Waals surface area contributed by atoms with Crippen LogP contribution < -0.4 is 0 Å². The molecule has 0 aliphatic rings. The smallest absolute Gasteiger partial charge is 0.316 e. The van der Waals surface area contributed by atoms with E-state index in [-0.39, 0.29) is 5.97 Å². The van der Waals surface area contributed by atoms with Gasteiger partial charge < -0.3 is 4.74 Å². The van der Waals surface area contributed by atoms with Crippen LogP contribution in [0.3, 0.4) is 0 Å². The van der Waals surface area contributed by atoms with E-state index in [1.54, 1.807) is 6.26 Å². The van der Waals surface area contributed by atoms with Crippen LogP contribution in [0.25, 0.3) is 0 Å². The highest BCUT2D eigenvalue weighted by Crippen LogP contribution is 2.15. The lowest BCUT2D eigenvalue weighted by molar-refractivity contribution is -0.146. The summed E-state index contributed by atoms with van der Waals surface area (Å²) in [6.07, 6.45) is 12.3. The summed E-state index contributed by atoms with van der Waals surface area (Å²) in [7, 11) is 0. The Labute approximate surface area is 106 Å². The van der Waals surface area contributed by atoms with Crippen molar-refractivity contribution in [1.82, 2.24) is 0 Å². The molecule has 0 bridgehead atoms. The zero-order valence-electron chi connectivity index (χ0n) is 11.9. The van der Waals surface area contributed by atoms with Gasteiger partial charge in [0.25, 0.3) is 0 Å². The number of rotatable bonds is 8. The van der Waals surface area contributed by atoms with Gasteiger partial charge in [0.2, 0.25) is 0 Å². The molecule has 0 saturated heterocycles. The molecule has 0 aliphatic heterocycles. The Morgan fingerprint density at radius 3 is 2.24 bits per heavy atom. The summed E-state index contributed by atoms with van der Waals surface area (Å²) in [5.74, 6) is -0.170. The van der Waals surface area contributed by atoms with E-state index >= 15 is 0 Å². The normalized spacial score (nSPS) is 12.0. The van der Waals surface area contributed by atoms with Gasteiger partial charge in [0.1, 0.15) is 0 Å². The van der Waals surface area contributed by atoms with Crippen molar-refractivity contribution in [3.05, 3.63) is 12.3 Å². The summed E-state index contributed by atoms with van der Waals surface area (Å²) in [4.78, 5) is 11.4. The first-order valence-corrected chi connectivity index (χ1v) is 6.84. The summed E-state index contributed by atoms with van der Waals surface area (Å²) < 4.78 is 5.03. The molecule has 0 aromatic rings. The van der Waals surface area contributed by atoms with Gasteiger partial charge in [-0.1, -0.05) is 39.0 Å². The highest BCUT2D eigenvalue weighted by Gasteiger charge is 2.21. The molecule has 0 aliphatic carbocycles. The summed E-state index contributed by atoms with van der Waals surface area (Å²) in [5, 5.41) is 0. The Bertz CT molecular complexity index is 224. The first-order chi connectivity index (χ1) is 7.98. The highest BCUT2D eigenvalue weighted by atomic mass is 16.5. The maximum absolute atomic E-state index is 11.4. The first-order valence-electron chi connectivity index (χ1n) is 6.84. The first kappa shape index (κ1) is 16.2. The molecule has 0 atom stereocenters. The Morgan fingerprint density at radius 1 is 1.06 bits per heavy atom. The standard InChI is InChI=1S/C15H28O2/c1-5-6-7-8-9-10-11-12-13-17-14(16)15(2,3)4/h12-13H,5-11H2,1-4H3. The van der Waals surface area contributed by atoms with Gasteiger partial charge in [-0.15, -0.1) is 0 Å². The number of carbonyl (C=O) groups is 1. The largest absolute Gasteiger partial charge is 0.434 e. The zero-order chi connectivity index (χ0) is 13.1. The van der Waals surface area contributed by atoms with Gasteiger partial charge in [0.05, 0.1) is 11.7 Å². The Hall–Kier alpha value is -0.790. The van der Waals surface area contributed by atoms with Gasteiger partial charge in [-0.25, -0.2) is 0 Å². The fraction of sp³-hybridized carbons (Fsp3) is 0.800. The Kier molecular flexibility index (Phi) is 8.83. The van der Waals surface area contributed by atoms with Crippen molar-refractivity contribution in [2.24, 2.45) is 5.41 Å². The van der Waals surface area contributed by atoms with Crippen molar-refractivity contribution in [2.75, 3.05) is 0 Å². The number of carbonyl (C=O) groups excluding carboxylic acids is 1. The van der Waals surface area contributed by atoms with Crippen molar-refractivity contribution >= 4 is 5.97 Å².